The molecular formula is C22H22ClNO3. The summed E-state index contributed by atoms with van der Waals surface area (Å²) in [5.41, 5.74) is 3.42. The summed E-state index contributed by atoms with van der Waals surface area (Å²) in [4.78, 5) is 14.9. The van der Waals surface area contributed by atoms with Crippen LogP contribution in [0.15, 0.2) is 42.5 Å². The third kappa shape index (κ3) is 3.96. The number of fused-ring (bicyclic) bond motifs is 1. The Bertz CT molecular complexity index is 956. The zero-order chi connectivity index (χ0) is 18.8. The zero-order valence-corrected chi connectivity index (χ0v) is 15.8. The first kappa shape index (κ1) is 17.9. The molecule has 1 aliphatic carbocycles. The average Bonchev–Trinajstić information content (AvgIpc) is 3.01. The number of rotatable bonds is 5. The van der Waals surface area contributed by atoms with Crippen LogP contribution in [-0.4, -0.2) is 22.2 Å². The number of carboxylic acids is 1. The van der Waals surface area contributed by atoms with Gasteiger partial charge in [0.15, 0.2) is 0 Å². The normalized spacial score (nSPS) is 15.1. The van der Waals surface area contributed by atoms with Crippen LogP contribution in [0.2, 0.25) is 5.02 Å². The van der Waals surface area contributed by atoms with Crippen molar-refractivity contribution in [3.05, 3.63) is 53.1 Å². The molecule has 2 aromatic carbocycles. The lowest BCUT2D eigenvalue weighted by Gasteiger charge is -2.23. The predicted molar refractivity (Wildman–Crippen MR) is 108 cm³/mol. The maximum atomic E-state index is 11.5. The number of nitrogens with one attached hydrogen (secondary N) is 1. The molecular weight excluding hydrogens is 362 g/mol. The molecule has 0 aliphatic heterocycles. The predicted octanol–water partition coefficient (Wildman–Crippen LogP) is 5.83. The number of carbonyl (C=O) groups is 1. The number of halogens is 1. The number of hydrogen-bond donors (Lipinski definition) is 2. The number of aromatic nitrogens is 1. The number of hydrogen-bond acceptors (Lipinski definition) is 2. The fourth-order valence-electron chi connectivity index (χ4n) is 3.87. The van der Waals surface area contributed by atoms with Gasteiger partial charge in [0.25, 0.3) is 0 Å². The van der Waals surface area contributed by atoms with E-state index in [0.29, 0.717) is 5.02 Å². The van der Waals surface area contributed by atoms with Crippen LogP contribution in [-0.2, 0) is 11.2 Å². The van der Waals surface area contributed by atoms with Crippen LogP contribution >= 0.6 is 11.6 Å². The Balaban J connectivity index is 1.74. The summed E-state index contributed by atoms with van der Waals surface area (Å²) in [6, 6.07) is 13.3. The Hall–Kier alpha value is -2.46. The molecule has 1 saturated carbocycles. The summed E-state index contributed by atoms with van der Waals surface area (Å²) in [6.07, 6.45) is 6.08. The second-order valence-electron chi connectivity index (χ2n) is 7.14. The molecule has 5 heteroatoms. The number of benzene rings is 2. The first-order valence-corrected chi connectivity index (χ1v) is 9.77. The second-order valence-corrected chi connectivity index (χ2v) is 7.58. The number of carboxylic acid groups (broad SMARTS) is 1. The van der Waals surface area contributed by atoms with Gasteiger partial charge in [-0.2, -0.15) is 0 Å². The van der Waals surface area contributed by atoms with Crippen LogP contribution in [0.25, 0.3) is 22.2 Å². The molecule has 0 saturated heterocycles. The molecule has 0 radical (unpaired) electrons. The molecule has 0 amide bonds. The number of aliphatic carboxylic acids is 1. The quantitative estimate of drug-likeness (QED) is 0.582. The Labute approximate surface area is 163 Å². The van der Waals surface area contributed by atoms with Crippen molar-refractivity contribution < 1.29 is 14.6 Å². The lowest BCUT2D eigenvalue weighted by atomic mass is 9.98. The monoisotopic (exact) mass is 383 g/mol. The molecule has 1 fully saturated rings. The summed E-state index contributed by atoms with van der Waals surface area (Å²) >= 11 is 5.99. The summed E-state index contributed by atoms with van der Waals surface area (Å²) in [6.45, 7) is 0. The van der Waals surface area contributed by atoms with Gasteiger partial charge in [-0.25, -0.2) is 0 Å². The fourth-order valence-corrected chi connectivity index (χ4v) is 4.00. The van der Waals surface area contributed by atoms with Crippen molar-refractivity contribution in [2.45, 2.75) is 44.6 Å². The van der Waals surface area contributed by atoms with Crippen molar-refractivity contribution in [2.24, 2.45) is 0 Å². The van der Waals surface area contributed by atoms with E-state index >= 15 is 0 Å². The first-order chi connectivity index (χ1) is 13.1. The van der Waals surface area contributed by atoms with Crippen LogP contribution in [0.3, 0.4) is 0 Å². The van der Waals surface area contributed by atoms with Crippen LogP contribution in [0.4, 0.5) is 0 Å². The molecule has 0 unspecified atom stereocenters. The van der Waals surface area contributed by atoms with Crippen molar-refractivity contribution in [2.75, 3.05) is 0 Å². The fraction of sp³-hybridized carbons (Fsp3) is 0.318. The van der Waals surface area contributed by atoms with Gasteiger partial charge in [-0.3, -0.25) is 4.79 Å². The SMILES string of the molecule is O=C(O)Cc1c(-c2ccc(Cl)cc2)[nH]c2ccc(OC3CCCCC3)cc12. The van der Waals surface area contributed by atoms with Crippen molar-refractivity contribution >= 4 is 28.5 Å². The van der Waals surface area contributed by atoms with Gasteiger partial charge < -0.3 is 14.8 Å². The van der Waals surface area contributed by atoms with Gasteiger partial charge in [-0.15, -0.1) is 0 Å². The summed E-state index contributed by atoms with van der Waals surface area (Å²) in [5.74, 6) is -0.0487. The van der Waals surface area contributed by atoms with Crippen LogP contribution in [0, 0.1) is 0 Å². The minimum Gasteiger partial charge on any atom is -0.490 e. The summed E-state index contributed by atoms with van der Waals surface area (Å²) < 4.78 is 6.18. The lowest BCUT2D eigenvalue weighted by Crippen LogP contribution is -2.19. The Kier molecular flexibility index (Phi) is 5.08. The third-order valence-corrected chi connectivity index (χ3v) is 5.45. The number of H-pyrrole nitrogens is 1. The standard InChI is InChI=1S/C22H22ClNO3/c23-15-8-6-14(7-9-15)22-19(13-21(25)26)18-12-17(10-11-20(18)24-22)27-16-4-2-1-3-5-16/h6-12,16,24H,1-5,13H2,(H,25,26). The largest absolute Gasteiger partial charge is 0.490 e. The van der Waals surface area contributed by atoms with Crippen molar-refractivity contribution in [1.29, 1.82) is 0 Å². The van der Waals surface area contributed by atoms with E-state index in [1.54, 1.807) is 0 Å². The van der Waals surface area contributed by atoms with E-state index in [9.17, 15) is 9.90 Å². The highest BCUT2D eigenvalue weighted by atomic mass is 35.5. The highest BCUT2D eigenvalue weighted by Crippen LogP contribution is 2.34. The molecule has 2 N–H and O–H groups in total. The van der Waals surface area contributed by atoms with Gasteiger partial charge in [-0.1, -0.05) is 30.2 Å². The van der Waals surface area contributed by atoms with Gasteiger partial charge in [0.1, 0.15) is 5.75 Å². The molecule has 1 heterocycles. The van der Waals surface area contributed by atoms with Crippen LogP contribution < -0.4 is 4.74 Å². The minimum atomic E-state index is -0.857. The molecule has 0 bridgehead atoms. The number of ether oxygens (including phenoxy) is 1. The van der Waals surface area contributed by atoms with Crippen LogP contribution in [0.1, 0.15) is 37.7 Å². The van der Waals surface area contributed by atoms with Crippen LogP contribution in [0.5, 0.6) is 5.75 Å². The highest BCUT2D eigenvalue weighted by molar-refractivity contribution is 6.30. The van der Waals surface area contributed by atoms with E-state index in [0.717, 1.165) is 46.3 Å². The smallest absolute Gasteiger partial charge is 0.307 e. The molecule has 140 valence electrons. The van der Waals surface area contributed by atoms with E-state index in [1.807, 2.05) is 42.5 Å². The van der Waals surface area contributed by atoms with Gasteiger partial charge in [0.2, 0.25) is 0 Å². The molecule has 3 aromatic rings. The molecule has 4 nitrogen and oxygen atoms in total. The van der Waals surface area contributed by atoms with Crippen molar-refractivity contribution in [3.8, 4) is 17.0 Å². The van der Waals surface area contributed by atoms with Gasteiger partial charge in [0.05, 0.1) is 18.2 Å². The summed E-state index contributed by atoms with van der Waals surface area (Å²) in [7, 11) is 0. The zero-order valence-electron chi connectivity index (χ0n) is 15.0. The molecule has 1 aromatic heterocycles. The van der Waals surface area contributed by atoms with E-state index in [4.69, 9.17) is 16.3 Å². The first-order valence-electron chi connectivity index (χ1n) is 9.39. The van der Waals surface area contributed by atoms with E-state index < -0.39 is 5.97 Å². The average molecular weight is 384 g/mol. The Morgan fingerprint density at radius 3 is 2.56 bits per heavy atom. The molecule has 1 aliphatic rings. The molecule has 0 spiro atoms. The van der Waals surface area contributed by atoms with Gasteiger partial charge in [-0.05, 0) is 67.1 Å². The van der Waals surface area contributed by atoms with Crippen molar-refractivity contribution in [1.82, 2.24) is 4.98 Å². The number of aromatic amines is 1. The van der Waals surface area contributed by atoms with Gasteiger partial charge in [0, 0.05) is 15.9 Å². The van der Waals surface area contributed by atoms with E-state index in [2.05, 4.69) is 4.98 Å². The van der Waals surface area contributed by atoms with Gasteiger partial charge >= 0.3 is 5.97 Å². The second kappa shape index (κ2) is 7.65. The van der Waals surface area contributed by atoms with E-state index in [-0.39, 0.29) is 12.5 Å². The Morgan fingerprint density at radius 1 is 1.11 bits per heavy atom. The summed E-state index contributed by atoms with van der Waals surface area (Å²) in [5, 5.41) is 11.0. The van der Waals surface area contributed by atoms with E-state index in [1.165, 1.54) is 19.3 Å². The minimum absolute atomic E-state index is 0.0508. The topological polar surface area (TPSA) is 62.3 Å². The van der Waals surface area contributed by atoms with Crippen molar-refractivity contribution in [3.63, 3.8) is 0 Å². The highest BCUT2D eigenvalue weighted by Gasteiger charge is 2.19. The molecule has 4 rings (SSSR count). The molecule has 27 heavy (non-hydrogen) atoms. The maximum Gasteiger partial charge on any atom is 0.307 e. The Morgan fingerprint density at radius 2 is 1.85 bits per heavy atom. The lowest BCUT2D eigenvalue weighted by molar-refractivity contribution is -0.136. The molecule has 0 atom stereocenters. The third-order valence-electron chi connectivity index (χ3n) is 5.19. The maximum absolute atomic E-state index is 11.5.